The van der Waals surface area contributed by atoms with Crippen molar-refractivity contribution in [2.45, 2.75) is 59.3 Å². The third-order valence-corrected chi connectivity index (χ3v) is 5.58. The Morgan fingerprint density at radius 2 is 1.85 bits per heavy atom. The average molecular weight is 447 g/mol. The van der Waals surface area contributed by atoms with Crippen LogP contribution < -0.4 is 0 Å². The molecule has 0 aliphatic heterocycles. The molecule has 0 bridgehead atoms. The molecule has 0 saturated heterocycles. The predicted molar refractivity (Wildman–Crippen MR) is 110 cm³/mol. The van der Waals surface area contributed by atoms with Crippen molar-refractivity contribution < 1.29 is 13.3 Å². The summed E-state index contributed by atoms with van der Waals surface area (Å²) in [6.45, 7) is 12.1. The van der Waals surface area contributed by atoms with Gasteiger partial charge in [-0.15, -0.1) is 0 Å². The fourth-order valence-corrected chi connectivity index (χ4v) is 3.52. The molecule has 0 aliphatic carbocycles. The Labute approximate surface area is 165 Å². The van der Waals surface area contributed by atoms with Crippen molar-refractivity contribution in [2.75, 3.05) is 0 Å². The molecule has 1 aromatic carbocycles. The van der Waals surface area contributed by atoms with Crippen LogP contribution in [0.2, 0.25) is 0 Å². The molecular weight excluding hydrogens is 422 g/mol. The van der Waals surface area contributed by atoms with E-state index in [9.17, 15) is 13.3 Å². The van der Waals surface area contributed by atoms with Gasteiger partial charge in [-0.25, -0.2) is 8.78 Å². The van der Waals surface area contributed by atoms with Gasteiger partial charge in [-0.05, 0) is 38.3 Å². The first-order chi connectivity index (χ1) is 11.8. The number of hydrogen-bond acceptors (Lipinski definition) is 2. The van der Waals surface area contributed by atoms with Crippen LogP contribution in [0.4, 0.5) is 8.78 Å². The summed E-state index contributed by atoms with van der Waals surface area (Å²) in [6, 6.07) is 5.53. The lowest BCUT2D eigenvalue weighted by molar-refractivity contribution is 0.226. The molecular formula is C19H25BrF2N2OS. The van der Waals surface area contributed by atoms with Crippen molar-refractivity contribution >= 4 is 43.9 Å². The van der Waals surface area contributed by atoms with E-state index in [-0.39, 0.29) is 5.41 Å². The molecule has 0 radical (unpaired) electrons. The van der Waals surface area contributed by atoms with Gasteiger partial charge in [0.15, 0.2) is 5.71 Å². The second kappa shape index (κ2) is 7.60. The summed E-state index contributed by atoms with van der Waals surface area (Å²) in [5, 5.41) is 0.683. The van der Waals surface area contributed by atoms with Gasteiger partial charge in [0.2, 0.25) is 0 Å². The summed E-state index contributed by atoms with van der Waals surface area (Å²) >= 11 is 1.69. The molecule has 1 atom stereocenters. The number of fused-ring (bicyclic) bond motifs is 1. The number of hydrogen-bond donors (Lipinski definition) is 0. The molecule has 26 heavy (non-hydrogen) atoms. The van der Waals surface area contributed by atoms with Crippen molar-refractivity contribution in [1.82, 2.24) is 4.57 Å². The average Bonchev–Trinajstić information content (AvgIpc) is 2.79. The summed E-state index contributed by atoms with van der Waals surface area (Å²) in [4.78, 5) is 0. The van der Waals surface area contributed by atoms with Crippen LogP contribution in [0, 0.1) is 5.41 Å². The second-order valence-electron chi connectivity index (χ2n) is 8.53. The molecule has 7 heteroatoms. The van der Waals surface area contributed by atoms with Crippen molar-refractivity contribution in [2.24, 2.45) is 9.81 Å². The van der Waals surface area contributed by atoms with Crippen molar-refractivity contribution in [1.29, 1.82) is 0 Å². The van der Waals surface area contributed by atoms with Crippen LogP contribution in [0.5, 0.6) is 0 Å². The molecule has 0 fully saturated rings. The molecule has 0 spiro atoms. The van der Waals surface area contributed by atoms with Crippen LogP contribution in [0.25, 0.3) is 10.9 Å². The Morgan fingerprint density at radius 3 is 2.35 bits per heavy atom. The van der Waals surface area contributed by atoms with Crippen LogP contribution in [-0.2, 0) is 17.9 Å². The monoisotopic (exact) mass is 446 g/mol. The van der Waals surface area contributed by atoms with Gasteiger partial charge in [-0.3, -0.25) is 0 Å². The van der Waals surface area contributed by atoms with Crippen LogP contribution in [0.15, 0.2) is 33.3 Å². The molecule has 1 heterocycles. The van der Waals surface area contributed by atoms with Crippen molar-refractivity contribution in [3.05, 3.63) is 34.4 Å². The normalized spacial score (nSPS) is 15.1. The van der Waals surface area contributed by atoms with Crippen LogP contribution in [0.1, 0.15) is 47.1 Å². The van der Waals surface area contributed by atoms with E-state index in [1.165, 1.54) is 0 Å². The van der Waals surface area contributed by atoms with Gasteiger partial charge in [0.1, 0.15) is 16.1 Å². The predicted octanol–water partition coefficient (Wildman–Crippen LogP) is 5.97. The molecule has 2 rings (SSSR count). The van der Waals surface area contributed by atoms with Gasteiger partial charge in [0.25, 0.3) is 6.43 Å². The highest BCUT2D eigenvalue weighted by atomic mass is 79.9. The largest absolute Gasteiger partial charge is 0.591 e. The Balaban J connectivity index is 2.68. The zero-order valence-electron chi connectivity index (χ0n) is 15.9. The molecule has 0 unspecified atom stereocenters. The molecule has 144 valence electrons. The fourth-order valence-electron chi connectivity index (χ4n) is 2.54. The second-order valence-corrected chi connectivity index (χ2v) is 11.4. The van der Waals surface area contributed by atoms with Gasteiger partial charge in [0, 0.05) is 33.7 Å². The molecule has 0 N–H and O–H groups in total. The van der Waals surface area contributed by atoms with Crippen molar-refractivity contribution in [3.8, 4) is 0 Å². The molecule has 0 amide bonds. The van der Waals surface area contributed by atoms with E-state index in [1.807, 2.05) is 16.7 Å². The minimum Gasteiger partial charge on any atom is -0.591 e. The van der Waals surface area contributed by atoms with E-state index >= 15 is 0 Å². The zero-order chi connectivity index (χ0) is 19.9. The highest BCUT2D eigenvalue weighted by molar-refractivity contribution is 9.10. The van der Waals surface area contributed by atoms with Gasteiger partial charge < -0.3 is 9.12 Å². The molecule has 3 nitrogen and oxygen atoms in total. The van der Waals surface area contributed by atoms with Crippen LogP contribution >= 0.6 is 15.9 Å². The SMILES string of the molecule is CC(C)(C)Cn1cc(C(=N[S@@+]([O-])C(C)(C)C)C(F)F)c2ccc(Br)cc21. The fraction of sp³-hybridized carbons (Fsp3) is 0.526. The van der Waals surface area contributed by atoms with Gasteiger partial charge >= 0.3 is 0 Å². The third-order valence-electron chi connectivity index (χ3n) is 3.68. The quantitative estimate of drug-likeness (QED) is 0.421. The Bertz CT molecular complexity index is 819. The summed E-state index contributed by atoms with van der Waals surface area (Å²) in [6.07, 6.45) is -1.11. The van der Waals surface area contributed by atoms with Crippen LogP contribution in [0.3, 0.4) is 0 Å². The highest BCUT2D eigenvalue weighted by Crippen LogP contribution is 2.30. The van der Waals surface area contributed by atoms with Gasteiger partial charge in [-0.2, -0.15) is 0 Å². The van der Waals surface area contributed by atoms with E-state index in [1.54, 1.807) is 33.0 Å². The standard InChI is InChI=1S/C19H25BrF2N2OS/c1-18(2,3)11-24-10-14(13-8-7-12(20)9-15(13)24)16(17(21)22)23-26(25)19(4,5)6/h7-10,17H,11H2,1-6H3/t26-/m0/s1. The van der Waals surface area contributed by atoms with Crippen LogP contribution in [-0.4, -0.2) is 26.0 Å². The maximum Gasteiger partial charge on any atom is 0.285 e. The summed E-state index contributed by atoms with van der Waals surface area (Å²) in [5.41, 5.74) is 0.740. The minimum atomic E-state index is -2.81. The van der Waals surface area contributed by atoms with E-state index in [4.69, 9.17) is 0 Å². The zero-order valence-corrected chi connectivity index (χ0v) is 18.3. The van der Waals surface area contributed by atoms with E-state index in [2.05, 4.69) is 41.1 Å². The lowest BCUT2D eigenvalue weighted by Gasteiger charge is -2.20. The highest BCUT2D eigenvalue weighted by Gasteiger charge is 2.31. The Morgan fingerprint density at radius 1 is 1.23 bits per heavy atom. The van der Waals surface area contributed by atoms with Gasteiger partial charge in [-0.1, -0.05) is 47.2 Å². The Hall–Kier alpha value is -0.920. The molecule has 2 aromatic rings. The van der Waals surface area contributed by atoms with E-state index < -0.39 is 28.2 Å². The molecule has 0 saturated carbocycles. The topological polar surface area (TPSA) is 40.3 Å². The first-order valence-corrected chi connectivity index (χ1v) is 10.3. The van der Waals surface area contributed by atoms with Crippen molar-refractivity contribution in [3.63, 3.8) is 0 Å². The number of benzene rings is 1. The maximum absolute atomic E-state index is 13.8. The number of rotatable bonds is 4. The number of nitrogens with zero attached hydrogens (tertiary/aromatic N) is 2. The number of alkyl halides is 2. The lowest BCUT2D eigenvalue weighted by atomic mass is 9.97. The third kappa shape index (κ3) is 5.08. The number of halogens is 3. The first kappa shape index (κ1) is 21.4. The molecule has 0 aliphatic rings. The van der Waals surface area contributed by atoms with E-state index in [0.717, 1.165) is 9.99 Å². The summed E-state index contributed by atoms with van der Waals surface area (Å²) < 4.78 is 46.0. The van der Waals surface area contributed by atoms with Gasteiger partial charge in [0.05, 0.1) is 0 Å². The Kier molecular flexibility index (Phi) is 6.25. The summed E-state index contributed by atoms with van der Waals surface area (Å²) in [5.74, 6) is 0. The number of aromatic nitrogens is 1. The maximum atomic E-state index is 13.8. The molecule has 1 aromatic heterocycles. The lowest BCUT2D eigenvalue weighted by Crippen LogP contribution is -2.28. The first-order valence-electron chi connectivity index (χ1n) is 8.37. The smallest absolute Gasteiger partial charge is 0.285 e. The summed E-state index contributed by atoms with van der Waals surface area (Å²) in [7, 11) is 0. The minimum absolute atomic E-state index is 0.0259. The van der Waals surface area contributed by atoms with E-state index in [0.29, 0.717) is 17.5 Å².